The largest absolute Gasteiger partial charge is 0.481 e. The molecule has 0 saturated heterocycles. The van der Waals surface area contributed by atoms with Crippen LogP contribution in [0.5, 0.6) is 5.88 Å². The molecule has 1 aromatic heterocycles. The third kappa shape index (κ3) is 4.45. The number of ether oxygens (including phenoxy) is 1. The fourth-order valence-electron chi connectivity index (χ4n) is 2.12. The fourth-order valence-corrected chi connectivity index (χ4v) is 2.48. The summed E-state index contributed by atoms with van der Waals surface area (Å²) in [4.78, 5) is 4.25. The molecule has 0 spiro atoms. The molecule has 0 amide bonds. The highest BCUT2D eigenvalue weighted by atomic mass is 127. The van der Waals surface area contributed by atoms with Crippen LogP contribution < -0.4 is 10.1 Å². The van der Waals surface area contributed by atoms with E-state index in [0.29, 0.717) is 11.9 Å². The lowest BCUT2D eigenvalue weighted by molar-refractivity contribution is 0.397. The number of hydrogen-bond donors (Lipinski definition) is 1. The van der Waals surface area contributed by atoms with E-state index >= 15 is 0 Å². The van der Waals surface area contributed by atoms with E-state index in [9.17, 15) is 0 Å². The minimum Gasteiger partial charge on any atom is -0.481 e. The van der Waals surface area contributed by atoms with Gasteiger partial charge >= 0.3 is 0 Å². The summed E-state index contributed by atoms with van der Waals surface area (Å²) in [7, 11) is 3.64. The van der Waals surface area contributed by atoms with E-state index in [2.05, 4.69) is 63.2 Å². The smallest absolute Gasteiger partial charge is 0.212 e. The summed E-state index contributed by atoms with van der Waals surface area (Å²) < 4.78 is 6.35. The van der Waals surface area contributed by atoms with E-state index < -0.39 is 0 Å². The number of methoxy groups -OCH3 is 1. The van der Waals surface area contributed by atoms with Gasteiger partial charge in [-0.15, -0.1) is 0 Å². The summed E-state index contributed by atoms with van der Waals surface area (Å²) in [5.41, 5.74) is 2.57. The first-order valence-corrected chi connectivity index (χ1v) is 7.69. The van der Waals surface area contributed by atoms with Crippen LogP contribution in [0.2, 0.25) is 0 Å². The number of benzene rings is 1. The first-order valence-electron chi connectivity index (χ1n) is 6.62. The van der Waals surface area contributed by atoms with Gasteiger partial charge in [-0.05, 0) is 65.7 Å². The van der Waals surface area contributed by atoms with Gasteiger partial charge in [0.05, 0.1) is 7.11 Å². The van der Waals surface area contributed by atoms with Crippen LogP contribution in [-0.2, 0) is 12.8 Å². The van der Waals surface area contributed by atoms with Crippen LogP contribution in [0.15, 0.2) is 42.6 Å². The maximum Gasteiger partial charge on any atom is 0.212 e. The monoisotopic (exact) mass is 382 g/mol. The molecule has 1 aromatic carbocycles. The lowest BCUT2D eigenvalue weighted by atomic mass is 10.00. The number of halogens is 1. The van der Waals surface area contributed by atoms with Crippen molar-refractivity contribution >= 4 is 22.6 Å². The van der Waals surface area contributed by atoms with E-state index in [1.807, 2.05) is 19.3 Å². The minimum absolute atomic E-state index is 0.408. The van der Waals surface area contributed by atoms with Gasteiger partial charge in [-0.2, -0.15) is 0 Å². The van der Waals surface area contributed by atoms with Gasteiger partial charge in [0.1, 0.15) is 0 Å². The van der Waals surface area contributed by atoms with Crippen molar-refractivity contribution < 1.29 is 4.74 Å². The van der Waals surface area contributed by atoms with Gasteiger partial charge in [-0.25, -0.2) is 4.98 Å². The van der Waals surface area contributed by atoms with Gasteiger partial charge in [-0.3, -0.25) is 0 Å². The molecule has 0 saturated carbocycles. The molecule has 0 aliphatic carbocycles. The quantitative estimate of drug-likeness (QED) is 0.780. The van der Waals surface area contributed by atoms with Gasteiger partial charge in [0.15, 0.2) is 0 Å². The predicted molar refractivity (Wildman–Crippen MR) is 90.2 cm³/mol. The molecule has 2 rings (SSSR count). The topological polar surface area (TPSA) is 34.1 Å². The lowest BCUT2D eigenvalue weighted by Gasteiger charge is -2.16. The Morgan fingerprint density at radius 3 is 2.30 bits per heavy atom. The van der Waals surface area contributed by atoms with Crippen molar-refractivity contribution in [2.24, 2.45) is 0 Å². The zero-order chi connectivity index (χ0) is 14.4. The van der Waals surface area contributed by atoms with Crippen molar-refractivity contribution in [3.05, 3.63) is 57.3 Å². The van der Waals surface area contributed by atoms with Crippen molar-refractivity contribution in [3.8, 4) is 5.88 Å². The van der Waals surface area contributed by atoms with Crippen molar-refractivity contribution in [3.63, 3.8) is 0 Å². The van der Waals surface area contributed by atoms with Crippen LogP contribution in [0.4, 0.5) is 0 Å². The van der Waals surface area contributed by atoms with Crippen LogP contribution in [0.3, 0.4) is 0 Å². The molecular formula is C16H19IN2O. The summed E-state index contributed by atoms with van der Waals surface area (Å²) in [5.74, 6) is 0.660. The van der Waals surface area contributed by atoms with Gasteiger partial charge in [0, 0.05) is 21.9 Å². The third-order valence-electron chi connectivity index (χ3n) is 3.29. The van der Waals surface area contributed by atoms with Crippen molar-refractivity contribution in [2.75, 3.05) is 14.2 Å². The maximum absolute atomic E-state index is 5.08. The van der Waals surface area contributed by atoms with E-state index in [1.54, 1.807) is 7.11 Å². The van der Waals surface area contributed by atoms with Gasteiger partial charge in [-0.1, -0.05) is 18.2 Å². The van der Waals surface area contributed by atoms with Crippen LogP contribution in [0.1, 0.15) is 11.1 Å². The zero-order valence-electron chi connectivity index (χ0n) is 11.8. The van der Waals surface area contributed by atoms with Crippen molar-refractivity contribution in [2.45, 2.75) is 18.9 Å². The second kappa shape index (κ2) is 7.59. The molecule has 1 heterocycles. The molecule has 0 radical (unpaired) electrons. The van der Waals surface area contributed by atoms with Crippen molar-refractivity contribution in [1.82, 2.24) is 10.3 Å². The fraction of sp³-hybridized carbons (Fsp3) is 0.312. The van der Waals surface area contributed by atoms with Gasteiger partial charge in [0.2, 0.25) is 5.88 Å². The Kier molecular flexibility index (Phi) is 5.79. The molecule has 1 unspecified atom stereocenters. The molecule has 0 fully saturated rings. The average Bonchev–Trinajstić information content (AvgIpc) is 2.49. The highest BCUT2D eigenvalue weighted by Crippen LogP contribution is 2.13. The van der Waals surface area contributed by atoms with Crippen LogP contribution in [-0.4, -0.2) is 25.2 Å². The molecule has 106 valence electrons. The molecule has 4 heteroatoms. The summed E-state index contributed by atoms with van der Waals surface area (Å²) in [6, 6.07) is 13.1. The summed E-state index contributed by atoms with van der Waals surface area (Å²) >= 11 is 2.33. The highest BCUT2D eigenvalue weighted by Gasteiger charge is 2.09. The normalized spacial score (nSPS) is 12.2. The summed E-state index contributed by atoms with van der Waals surface area (Å²) in [5, 5.41) is 3.38. The van der Waals surface area contributed by atoms with E-state index in [4.69, 9.17) is 4.74 Å². The Balaban J connectivity index is 1.99. The number of pyridine rings is 1. The molecule has 0 aliphatic rings. The second-order valence-electron chi connectivity index (χ2n) is 4.73. The Labute approximate surface area is 133 Å². The molecule has 0 aliphatic heterocycles. The molecule has 20 heavy (non-hydrogen) atoms. The number of rotatable bonds is 6. The predicted octanol–water partition coefficient (Wildman–Crippen LogP) is 3.07. The van der Waals surface area contributed by atoms with E-state index in [0.717, 1.165) is 12.8 Å². The lowest BCUT2D eigenvalue weighted by Crippen LogP contribution is -2.29. The number of aromatic nitrogens is 1. The zero-order valence-corrected chi connectivity index (χ0v) is 13.9. The Morgan fingerprint density at radius 1 is 1.10 bits per heavy atom. The van der Waals surface area contributed by atoms with Crippen molar-refractivity contribution in [1.29, 1.82) is 0 Å². The highest BCUT2D eigenvalue weighted by molar-refractivity contribution is 14.1. The molecule has 1 atom stereocenters. The molecule has 1 N–H and O–H groups in total. The third-order valence-corrected chi connectivity index (χ3v) is 4.01. The minimum atomic E-state index is 0.408. The van der Waals surface area contributed by atoms with E-state index in [-0.39, 0.29) is 0 Å². The Hall–Kier alpha value is -1.14. The number of hydrogen-bond acceptors (Lipinski definition) is 3. The summed E-state index contributed by atoms with van der Waals surface area (Å²) in [6.07, 6.45) is 3.86. The Morgan fingerprint density at radius 2 is 1.75 bits per heavy atom. The molecule has 2 aromatic rings. The number of nitrogens with one attached hydrogen (secondary N) is 1. The molecule has 3 nitrogen and oxygen atoms in total. The first kappa shape index (κ1) is 15.3. The standard InChI is InChI=1S/C16H19IN2O/c1-18-15(9-12-3-6-14(17)7-4-12)10-13-5-8-16(20-2)19-11-13/h3-8,11,15,18H,9-10H2,1-2H3. The maximum atomic E-state index is 5.08. The molecular weight excluding hydrogens is 363 g/mol. The van der Waals surface area contributed by atoms with Crippen LogP contribution in [0.25, 0.3) is 0 Å². The first-order chi connectivity index (χ1) is 9.71. The SMILES string of the molecule is CNC(Cc1ccc(I)cc1)Cc1ccc(OC)nc1. The van der Waals surface area contributed by atoms with Gasteiger partial charge in [0.25, 0.3) is 0 Å². The van der Waals surface area contributed by atoms with Crippen LogP contribution in [0, 0.1) is 3.57 Å². The number of nitrogens with zero attached hydrogens (tertiary/aromatic N) is 1. The van der Waals surface area contributed by atoms with Gasteiger partial charge < -0.3 is 10.1 Å². The van der Waals surface area contributed by atoms with E-state index in [1.165, 1.54) is 14.7 Å². The number of likely N-dealkylation sites (N-methyl/N-ethyl adjacent to an activating group) is 1. The second-order valence-corrected chi connectivity index (χ2v) is 5.97. The average molecular weight is 382 g/mol. The van der Waals surface area contributed by atoms with Crippen LogP contribution >= 0.6 is 22.6 Å². The Bertz CT molecular complexity index is 525. The summed E-state index contributed by atoms with van der Waals surface area (Å²) in [6.45, 7) is 0. The molecule has 0 bridgehead atoms.